The second-order valence-corrected chi connectivity index (χ2v) is 10.7. The van der Waals surface area contributed by atoms with E-state index in [1.165, 1.54) is 12.8 Å². The van der Waals surface area contributed by atoms with E-state index in [0.717, 1.165) is 43.1 Å². The third-order valence-corrected chi connectivity index (χ3v) is 7.48. The summed E-state index contributed by atoms with van der Waals surface area (Å²) in [6.45, 7) is 7.96. The van der Waals surface area contributed by atoms with E-state index >= 15 is 0 Å². The van der Waals surface area contributed by atoms with E-state index in [9.17, 15) is 4.79 Å². The molecule has 2 aromatic carbocycles. The molecule has 1 amide bonds. The average molecular weight is 531 g/mol. The van der Waals surface area contributed by atoms with Gasteiger partial charge in [0.25, 0.3) is 5.91 Å². The average Bonchev–Trinajstić information content (AvgIpc) is 2.87. The Morgan fingerprint density at radius 2 is 1.92 bits per heavy atom. The fraction of sp³-hybridized carbons (Fsp3) is 0.464. The normalized spacial score (nSPS) is 22.8. The number of piperazine rings is 1. The molecule has 2 saturated heterocycles. The summed E-state index contributed by atoms with van der Waals surface area (Å²) in [5.41, 5.74) is 2.57. The molecule has 2 aliphatic heterocycles. The standard InChI is InChI=1S/C28H37Cl2N5O/c1-19-18-35(20(2)17-33-19)27(16-25-5-3-4-13-31-25)34-24-10-7-22(8-11-24)28(36)32-14-12-21-6-9-23(29)15-26(21)30/h6-11,15-16,19-20,25,31,33-34H,3-5,12-14,17-18H2,1-2H3,(H,32,36)/b27-16-/t19-,20?,25?/m0/s1. The lowest BCUT2D eigenvalue weighted by molar-refractivity contribution is 0.0954. The van der Waals surface area contributed by atoms with Crippen molar-refractivity contribution in [1.82, 2.24) is 20.9 Å². The molecule has 2 aliphatic rings. The highest BCUT2D eigenvalue weighted by atomic mass is 35.5. The second-order valence-electron chi connectivity index (χ2n) is 9.86. The molecule has 4 N–H and O–H groups in total. The highest BCUT2D eigenvalue weighted by molar-refractivity contribution is 6.35. The molecule has 2 fully saturated rings. The predicted molar refractivity (Wildman–Crippen MR) is 150 cm³/mol. The highest BCUT2D eigenvalue weighted by Gasteiger charge is 2.25. The van der Waals surface area contributed by atoms with E-state index in [0.29, 0.717) is 46.7 Å². The first kappa shape index (κ1) is 26.8. The predicted octanol–water partition coefficient (Wildman–Crippen LogP) is 5.04. The first-order valence-corrected chi connectivity index (χ1v) is 13.7. The van der Waals surface area contributed by atoms with Gasteiger partial charge in [-0.1, -0.05) is 35.7 Å². The van der Waals surface area contributed by atoms with Crippen LogP contribution in [0, 0.1) is 0 Å². The lowest BCUT2D eigenvalue weighted by atomic mass is 10.0. The molecule has 0 saturated carbocycles. The number of piperidine rings is 1. The Bertz CT molecular complexity index is 1050. The van der Waals surface area contributed by atoms with Crippen molar-refractivity contribution >= 4 is 34.8 Å². The van der Waals surface area contributed by atoms with E-state index in [1.54, 1.807) is 6.07 Å². The SMILES string of the molecule is CC1CN[C@@H](C)CN1/C(=C\C1CCCCN1)Nc1ccc(C(=O)NCCc2ccc(Cl)cc2Cl)cc1. The summed E-state index contributed by atoms with van der Waals surface area (Å²) in [4.78, 5) is 15.1. The monoisotopic (exact) mass is 529 g/mol. The Kier molecular flexibility index (Phi) is 9.54. The number of nitrogens with one attached hydrogen (secondary N) is 4. The maximum Gasteiger partial charge on any atom is 0.251 e. The van der Waals surface area contributed by atoms with E-state index in [4.69, 9.17) is 23.2 Å². The lowest BCUT2D eigenvalue weighted by Gasteiger charge is -2.41. The molecule has 0 aromatic heterocycles. The molecule has 4 rings (SSSR count). The van der Waals surface area contributed by atoms with Crippen molar-refractivity contribution in [3.8, 4) is 0 Å². The van der Waals surface area contributed by atoms with Crippen molar-refractivity contribution < 1.29 is 4.79 Å². The maximum atomic E-state index is 12.7. The minimum atomic E-state index is -0.0987. The number of rotatable bonds is 8. The van der Waals surface area contributed by atoms with Crippen LogP contribution in [0.2, 0.25) is 10.0 Å². The number of anilines is 1. The van der Waals surface area contributed by atoms with Crippen molar-refractivity contribution in [3.05, 3.63) is 75.5 Å². The molecular weight excluding hydrogens is 493 g/mol. The fourth-order valence-electron chi connectivity index (χ4n) is 4.77. The summed E-state index contributed by atoms with van der Waals surface area (Å²) in [7, 11) is 0. The third kappa shape index (κ3) is 7.39. The first-order valence-electron chi connectivity index (χ1n) is 12.9. The third-order valence-electron chi connectivity index (χ3n) is 6.90. The van der Waals surface area contributed by atoms with Crippen molar-refractivity contribution in [1.29, 1.82) is 0 Å². The van der Waals surface area contributed by atoms with Gasteiger partial charge in [-0.3, -0.25) is 4.79 Å². The quantitative estimate of drug-likeness (QED) is 0.385. The molecule has 0 radical (unpaired) electrons. The molecule has 36 heavy (non-hydrogen) atoms. The maximum absolute atomic E-state index is 12.7. The fourth-order valence-corrected chi connectivity index (χ4v) is 5.27. The first-order chi connectivity index (χ1) is 17.4. The van der Waals surface area contributed by atoms with Crippen molar-refractivity contribution in [3.63, 3.8) is 0 Å². The topological polar surface area (TPSA) is 68.4 Å². The van der Waals surface area contributed by atoms with Crippen LogP contribution in [0.5, 0.6) is 0 Å². The summed E-state index contributed by atoms with van der Waals surface area (Å²) in [5, 5.41) is 15.1. The van der Waals surface area contributed by atoms with Crippen LogP contribution < -0.4 is 21.3 Å². The van der Waals surface area contributed by atoms with Crippen LogP contribution >= 0.6 is 23.2 Å². The molecule has 8 heteroatoms. The van der Waals surface area contributed by atoms with Crippen LogP contribution in [0.15, 0.2) is 54.4 Å². The smallest absolute Gasteiger partial charge is 0.251 e. The molecule has 194 valence electrons. The number of nitrogens with zero attached hydrogens (tertiary/aromatic N) is 1. The van der Waals surface area contributed by atoms with E-state index < -0.39 is 0 Å². The van der Waals surface area contributed by atoms with Crippen molar-refractivity contribution in [2.45, 2.75) is 57.7 Å². The number of benzene rings is 2. The number of amides is 1. The van der Waals surface area contributed by atoms with Gasteiger partial charge < -0.3 is 26.2 Å². The minimum absolute atomic E-state index is 0.0987. The van der Waals surface area contributed by atoms with Gasteiger partial charge in [-0.05, 0) is 87.7 Å². The van der Waals surface area contributed by atoms with Gasteiger partial charge in [0.1, 0.15) is 5.82 Å². The van der Waals surface area contributed by atoms with Crippen LogP contribution in [-0.2, 0) is 6.42 Å². The number of carbonyl (C=O) groups excluding carboxylic acids is 1. The molecule has 0 spiro atoms. The summed E-state index contributed by atoms with van der Waals surface area (Å²) < 4.78 is 0. The summed E-state index contributed by atoms with van der Waals surface area (Å²) >= 11 is 12.2. The van der Waals surface area contributed by atoms with Crippen LogP contribution in [0.3, 0.4) is 0 Å². The summed E-state index contributed by atoms with van der Waals surface area (Å²) in [5.74, 6) is 1.03. The zero-order valence-corrected chi connectivity index (χ0v) is 22.6. The Labute approximate surface area is 224 Å². The Morgan fingerprint density at radius 3 is 2.64 bits per heavy atom. The van der Waals surface area contributed by atoms with Gasteiger partial charge in [0, 0.05) is 59.1 Å². The molecular formula is C28H37Cl2N5O. The van der Waals surface area contributed by atoms with Crippen LogP contribution in [0.1, 0.15) is 49.0 Å². The summed E-state index contributed by atoms with van der Waals surface area (Å²) in [6.07, 6.45) is 6.64. The van der Waals surface area contributed by atoms with Gasteiger partial charge in [0.15, 0.2) is 0 Å². The molecule has 6 nitrogen and oxygen atoms in total. The highest BCUT2D eigenvalue weighted by Crippen LogP contribution is 2.22. The van der Waals surface area contributed by atoms with E-state index in [2.05, 4.69) is 46.1 Å². The van der Waals surface area contributed by atoms with Gasteiger partial charge in [0.2, 0.25) is 0 Å². The van der Waals surface area contributed by atoms with Crippen molar-refractivity contribution in [2.24, 2.45) is 0 Å². The molecule has 0 bridgehead atoms. The van der Waals surface area contributed by atoms with Gasteiger partial charge in [-0.2, -0.15) is 0 Å². The zero-order valence-electron chi connectivity index (χ0n) is 21.1. The van der Waals surface area contributed by atoms with Crippen molar-refractivity contribution in [2.75, 3.05) is 31.5 Å². The molecule has 2 aromatic rings. The van der Waals surface area contributed by atoms with Gasteiger partial charge >= 0.3 is 0 Å². The molecule has 2 heterocycles. The van der Waals surface area contributed by atoms with Gasteiger partial charge in [0.05, 0.1) is 0 Å². The lowest BCUT2D eigenvalue weighted by Crippen LogP contribution is -2.54. The van der Waals surface area contributed by atoms with Gasteiger partial charge in [-0.25, -0.2) is 0 Å². The molecule has 0 aliphatic carbocycles. The second kappa shape index (κ2) is 12.8. The number of hydrogen-bond donors (Lipinski definition) is 4. The van der Waals surface area contributed by atoms with Crippen LogP contribution in [0.4, 0.5) is 5.69 Å². The zero-order chi connectivity index (χ0) is 25.5. The van der Waals surface area contributed by atoms with Gasteiger partial charge in [-0.15, -0.1) is 0 Å². The van der Waals surface area contributed by atoms with E-state index in [1.807, 2.05) is 36.4 Å². The van der Waals surface area contributed by atoms with Crippen LogP contribution in [0.25, 0.3) is 0 Å². The van der Waals surface area contributed by atoms with E-state index in [-0.39, 0.29) is 5.91 Å². The Hall–Kier alpha value is -2.25. The largest absolute Gasteiger partial charge is 0.353 e. The number of hydrogen-bond acceptors (Lipinski definition) is 5. The van der Waals surface area contributed by atoms with Crippen LogP contribution in [-0.4, -0.2) is 55.1 Å². The Morgan fingerprint density at radius 1 is 1.11 bits per heavy atom. The molecule has 2 unspecified atom stereocenters. The number of carbonyl (C=O) groups is 1. The molecule has 3 atom stereocenters. The summed E-state index contributed by atoms with van der Waals surface area (Å²) in [6, 6.07) is 14.3. The minimum Gasteiger partial charge on any atom is -0.353 e. The Balaban J connectivity index is 1.39. The number of halogens is 2.